The molecule has 0 unspecified atom stereocenters. The van der Waals surface area contributed by atoms with Crippen LogP contribution >= 0.6 is 0 Å². The summed E-state index contributed by atoms with van der Waals surface area (Å²) in [4.78, 5) is 15.4. The third-order valence-electron chi connectivity index (χ3n) is 14.0. The maximum Gasteiger partial charge on any atom is 0.164 e. The standard InChI is InChI=1S/C66H44N6/c1-42-24-28-44(29-25-42)48-33-36-61-55(38-48)52-18-9-11-21-58(52)71(61)60-23-13-20-51(57(60)41-67)54-35-32-50(66-69-64(46-14-5-3-6-15-46)68-65(70-66)47-16-7-4-8-17-47)40-63(54)72-59-22-12-10-19-53(59)56-39-49(34-37-62(56)72)45-30-26-43(2)27-31-45/h3-40H,1-2H3. The summed E-state index contributed by atoms with van der Waals surface area (Å²) in [6.07, 6.45) is 0. The first-order valence-electron chi connectivity index (χ1n) is 24.2. The number of aromatic nitrogens is 5. The van der Waals surface area contributed by atoms with E-state index in [2.05, 4.69) is 199 Å². The van der Waals surface area contributed by atoms with Gasteiger partial charge in [-0.05, 0) is 84.6 Å². The molecule has 10 aromatic carbocycles. The zero-order chi connectivity index (χ0) is 48.3. The van der Waals surface area contributed by atoms with Crippen molar-refractivity contribution in [1.82, 2.24) is 24.1 Å². The van der Waals surface area contributed by atoms with Gasteiger partial charge in [0.25, 0.3) is 0 Å². The van der Waals surface area contributed by atoms with Crippen LogP contribution in [0, 0.1) is 25.2 Å². The number of hydrogen-bond acceptors (Lipinski definition) is 4. The van der Waals surface area contributed by atoms with E-state index in [0.29, 0.717) is 23.0 Å². The van der Waals surface area contributed by atoms with Gasteiger partial charge in [0.2, 0.25) is 0 Å². The summed E-state index contributed by atoms with van der Waals surface area (Å²) in [5.74, 6) is 1.71. The molecule has 72 heavy (non-hydrogen) atoms. The van der Waals surface area contributed by atoms with Gasteiger partial charge in [-0.2, -0.15) is 5.26 Å². The Morgan fingerprint density at radius 1 is 0.319 bits per heavy atom. The molecular weight excluding hydrogens is 877 g/mol. The molecule has 0 radical (unpaired) electrons. The molecule has 0 saturated heterocycles. The summed E-state index contributed by atoms with van der Waals surface area (Å²) in [6.45, 7) is 4.23. The number of nitrogens with zero attached hydrogens (tertiary/aromatic N) is 6. The second kappa shape index (κ2) is 17.4. The van der Waals surface area contributed by atoms with Gasteiger partial charge in [-0.15, -0.1) is 0 Å². The Labute approximate surface area is 417 Å². The van der Waals surface area contributed by atoms with E-state index in [0.717, 1.165) is 105 Å². The highest BCUT2D eigenvalue weighted by Crippen LogP contribution is 2.43. The van der Waals surface area contributed by atoms with Crippen LogP contribution in [-0.2, 0) is 0 Å². The Morgan fingerprint density at radius 3 is 1.26 bits per heavy atom. The number of benzene rings is 10. The first kappa shape index (κ1) is 42.4. The minimum absolute atomic E-state index is 0.544. The third-order valence-corrected chi connectivity index (χ3v) is 14.0. The van der Waals surface area contributed by atoms with E-state index < -0.39 is 0 Å². The average Bonchev–Trinajstić information content (AvgIpc) is 3.95. The lowest BCUT2D eigenvalue weighted by Crippen LogP contribution is -2.04. The Morgan fingerprint density at radius 2 is 0.750 bits per heavy atom. The van der Waals surface area contributed by atoms with Crippen molar-refractivity contribution in [2.75, 3.05) is 0 Å². The van der Waals surface area contributed by atoms with Gasteiger partial charge in [-0.3, -0.25) is 0 Å². The van der Waals surface area contributed by atoms with E-state index in [1.54, 1.807) is 0 Å². The van der Waals surface area contributed by atoms with Crippen molar-refractivity contribution in [3.63, 3.8) is 0 Å². The van der Waals surface area contributed by atoms with E-state index in [-0.39, 0.29) is 0 Å². The molecule has 6 nitrogen and oxygen atoms in total. The maximum atomic E-state index is 11.6. The molecule has 0 fully saturated rings. The number of rotatable bonds is 8. The molecule has 0 atom stereocenters. The summed E-state index contributed by atoms with van der Waals surface area (Å²) in [5.41, 5.74) is 17.8. The highest BCUT2D eigenvalue weighted by molar-refractivity contribution is 6.12. The van der Waals surface area contributed by atoms with E-state index in [1.165, 1.54) is 11.1 Å². The van der Waals surface area contributed by atoms with Crippen molar-refractivity contribution >= 4 is 43.6 Å². The van der Waals surface area contributed by atoms with Crippen molar-refractivity contribution < 1.29 is 0 Å². The Hall–Kier alpha value is -9.70. The van der Waals surface area contributed by atoms with Gasteiger partial charge in [0.1, 0.15) is 6.07 Å². The molecule has 13 rings (SSSR count). The van der Waals surface area contributed by atoms with Crippen molar-refractivity contribution in [1.29, 1.82) is 5.26 Å². The van der Waals surface area contributed by atoms with Crippen LogP contribution in [0.2, 0.25) is 0 Å². The second-order valence-electron chi connectivity index (χ2n) is 18.5. The van der Waals surface area contributed by atoms with Crippen LogP contribution in [0.1, 0.15) is 16.7 Å². The summed E-state index contributed by atoms with van der Waals surface area (Å²) >= 11 is 0. The smallest absolute Gasteiger partial charge is 0.164 e. The van der Waals surface area contributed by atoms with E-state index in [1.807, 2.05) is 60.7 Å². The van der Waals surface area contributed by atoms with Crippen molar-refractivity contribution in [2.24, 2.45) is 0 Å². The fraction of sp³-hybridized carbons (Fsp3) is 0.0303. The van der Waals surface area contributed by atoms with E-state index >= 15 is 0 Å². The number of para-hydroxylation sites is 2. The van der Waals surface area contributed by atoms with Crippen molar-refractivity contribution in [3.05, 3.63) is 247 Å². The normalized spacial score (nSPS) is 11.5. The topological polar surface area (TPSA) is 72.3 Å². The largest absolute Gasteiger partial charge is 0.309 e. The lowest BCUT2D eigenvalue weighted by Gasteiger charge is -2.19. The van der Waals surface area contributed by atoms with Gasteiger partial charge in [-0.1, -0.05) is 193 Å². The number of nitriles is 1. The molecule has 0 saturated carbocycles. The van der Waals surface area contributed by atoms with E-state index in [4.69, 9.17) is 15.0 Å². The molecule has 3 aromatic heterocycles. The molecule has 3 heterocycles. The van der Waals surface area contributed by atoms with Crippen molar-refractivity contribution in [3.8, 4) is 85.0 Å². The molecule has 13 aromatic rings. The lowest BCUT2D eigenvalue weighted by atomic mass is 9.95. The molecule has 0 N–H and O–H groups in total. The summed E-state index contributed by atoms with van der Waals surface area (Å²) in [5, 5.41) is 16.1. The van der Waals surface area contributed by atoms with Crippen LogP contribution in [0.3, 0.4) is 0 Å². The second-order valence-corrected chi connectivity index (χ2v) is 18.5. The molecule has 0 amide bonds. The molecule has 0 aliphatic rings. The Kier molecular flexibility index (Phi) is 10.2. The quantitative estimate of drug-likeness (QED) is 0.152. The number of hydrogen-bond donors (Lipinski definition) is 0. The Bertz CT molecular complexity index is 4220. The fourth-order valence-corrected chi connectivity index (χ4v) is 10.4. The van der Waals surface area contributed by atoms with Crippen LogP contribution in [-0.4, -0.2) is 24.1 Å². The SMILES string of the molecule is Cc1ccc(-c2ccc3c(c2)c2ccccc2n3-c2cc(-c3nc(-c4ccccc4)nc(-c4ccccc4)n3)ccc2-c2cccc(-n3c4ccccc4c4cc(-c5ccc(C)cc5)ccc43)c2C#N)cc1. The third kappa shape index (κ3) is 7.23. The van der Waals surface area contributed by atoms with Gasteiger partial charge in [0.15, 0.2) is 17.5 Å². The van der Waals surface area contributed by atoms with Crippen molar-refractivity contribution in [2.45, 2.75) is 13.8 Å². The van der Waals surface area contributed by atoms with Crippen LogP contribution < -0.4 is 0 Å². The Balaban J connectivity index is 1.07. The van der Waals surface area contributed by atoms with Gasteiger partial charge in [-0.25, -0.2) is 15.0 Å². The maximum absolute atomic E-state index is 11.6. The molecule has 0 aliphatic carbocycles. The number of aryl methyl sites for hydroxylation is 2. The molecular formula is C66H44N6. The van der Waals surface area contributed by atoms with Gasteiger partial charge in [0.05, 0.1) is 39.0 Å². The molecule has 6 heteroatoms. The molecule has 0 aliphatic heterocycles. The first-order chi connectivity index (χ1) is 35.5. The highest BCUT2D eigenvalue weighted by Gasteiger charge is 2.23. The minimum Gasteiger partial charge on any atom is -0.309 e. The molecule has 338 valence electrons. The summed E-state index contributed by atoms with van der Waals surface area (Å²) in [7, 11) is 0. The number of fused-ring (bicyclic) bond motifs is 6. The van der Waals surface area contributed by atoms with Gasteiger partial charge in [0, 0.05) is 49.4 Å². The van der Waals surface area contributed by atoms with Crippen LogP contribution in [0.25, 0.3) is 123 Å². The monoisotopic (exact) mass is 920 g/mol. The fourth-order valence-electron chi connectivity index (χ4n) is 10.4. The minimum atomic E-state index is 0.544. The van der Waals surface area contributed by atoms with Gasteiger partial charge >= 0.3 is 0 Å². The van der Waals surface area contributed by atoms with Crippen LogP contribution in [0.4, 0.5) is 0 Å². The average molecular weight is 921 g/mol. The zero-order valence-electron chi connectivity index (χ0n) is 39.6. The van der Waals surface area contributed by atoms with Crippen LogP contribution in [0.15, 0.2) is 231 Å². The first-order valence-corrected chi connectivity index (χ1v) is 24.2. The summed E-state index contributed by atoms with van der Waals surface area (Å²) < 4.78 is 4.61. The summed E-state index contributed by atoms with van der Waals surface area (Å²) in [6, 6.07) is 83.4. The van der Waals surface area contributed by atoms with Gasteiger partial charge < -0.3 is 9.13 Å². The predicted molar refractivity (Wildman–Crippen MR) is 295 cm³/mol. The van der Waals surface area contributed by atoms with E-state index in [9.17, 15) is 5.26 Å². The molecule has 0 spiro atoms. The highest BCUT2D eigenvalue weighted by atomic mass is 15.0. The lowest BCUT2D eigenvalue weighted by molar-refractivity contribution is 1.07. The van der Waals surface area contributed by atoms with Crippen LogP contribution in [0.5, 0.6) is 0 Å². The predicted octanol–water partition coefficient (Wildman–Crippen LogP) is 16.6. The molecule has 0 bridgehead atoms. The zero-order valence-corrected chi connectivity index (χ0v) is 39.6.